The van der Waals surface area contributed by atoms with Crippen LogP contribution in [0.4, 0.5) is 17.1 Å². The molecular formula is C56H37NS. The number of anilines is 3. The zero-order valence-electron chi connectivity index (χ0n) is 31.7. The summed E-state index contributed by atoms with van der Waals surface area (Å²) in [7, 11) is 0. The van der Waals surface area contributed by atoms with Crippen LogP contribution in [-0.2, 0) is 0 Å². The second-order valence-corrected chi connectivity index (χ2v) is 16.0. The molecule has 0 atom stereocenters. The van der Waals surface area contributed by atoms with Gasteiger partial charge in [0.15, 0.2) is 0 Å². The number of benzene rings is 9. The molecule has 0 N–H and O–H groups in total. The van der Waals surface area contributed by atoms with Gasteiger partial charge in [0.2, 0.25) is 0 Å². The summed E-state index contributed by atoms with van der Waals surface area (Å²) in [6.45, 7) is 0. The highest BCUT2D eigenvalue weighted by Gasteiger charge is 2.22. The highest BCUT2D eigenvalue weighted by atomic mass is 32.1. The maximum Gasteiger partial charge on any atom is 0.0468 e. The number of hydrogen-bond donors (Lipinski definition) is 0. The van der Waals surface area contributed by atoms with Gasteiger partial charge in [-0.25, -0.2) is 0 Å². The number of rotatable bonds is 7. The van der Waals surface area contributed by atoms with Crippen molar-refractivity contribution in [2.45, 2.75) is 0 Å². The Morgan fingerprint density at radius 1 is 0.310 bits per heavy atom. The molecule has 1 heterocycles. The van der Waals surface area contributed by atoms with Crippen LogP contribution >= 0.6 is 11.3 Å². The molecule has 2 heteroatoms. The summed E-state index contributed by atoms with van der Waals surface area (Å²) in [5.41, 5.74) is 18.3. The van der Waals surface area contributed by atoms with Crippen molar-refractivity contribution in [3.63, 3.8) is 0 Å². The van der Waals surface area contributed by atoms with Crippen molar-refractivity contribution >= 4 is 60.2 Å². The zero-order chi connectivity index (χ0) is 38.4. The van der Waals surface area contributed by atoms with Crippen molar-refractivity contribution in [1.82, 2.24) is 0 Å². The maximum absolute atomic E-state index is 2.38. The minimum atomic E-state index is 1.11. The summed E-state index contributed by atoms with van der Waals surface area (Å²) >= 11 is 1.85. The average molecular weight is 756 g/mol. The Morgan fingerprint density at radius 3 is 1.47 bits per heavy atom. The summed E-state index contributed by atoms with van der Waals surface area (Å²) in [6, 6.07) is 79.5. The molecule has 1 nitrogen and oxygen atoms in total. The van der Waals surface area contributed by atoms with E-state index in [-0.39, 0.29) is 0 Å². The van der Waals surface area contributed by atoms with Gasteiger partial charge in [0.05, 0.1) is 0 Å². The smallest absolute Gasteiger partial charge is 0.0468 e. The van der Waals surface area contributed by atoms with E-state index in [0.29, 0.717) is 0 Å². The van der Waals surface area contributed by atoms with Gasteiger partial charge in [0.1, 0.15) is 0 Å². The van der Waals surface area contributed by atoms with Crippen LogP contribution in [0.3, 0.4) is 0 Å². The van der Waals surface area contributed by atoms with E-state index in [0.717, 1.165) is 17.1 Å². The average Bonchev–Trinajstić information content (AvgIpc) is 3.83. The normalized spacial score (nSPS) is 11.8. The van der Waals surface area contributed by atoms with Crippen LogP contribution in [-0.4, -0.2) is 0 Å². The van der Waals surface area contributed by atoms with Crippen LogP contribution in [0, 0.1) is 0 Å². The Morgan fingerprint density at radius 2 is 0.793 bits per heavy atom. The number of hydrogen-bond acceptors (Lipinski definition) is 2. The van der Waals surface area contributed by atoms with Crippen LogP contribution in [0.1, 0.15) is 16.7 Å². The van der Waals surface area contributed by atoms with E-state index in [9.17, 15) is 0 Å². The molecule has 0 fully saturated rings. The molecule has 58 heavy (non-hydrogen) atoms. The predicted molar refractivity (Wildman–Crippen MR) is 249 cm³/mol. The quantitative estimate of drug-likeness (QED) is 0.157. The molecule has 0 radical (unpaired) electrons. The molecule has 9 aromatic carbocycles. The van der Waals surface area contributed by atoms with E-state index in [4.69, 9.17) is 0 Å². The van der Waals surface area contributed by atoms with Crippen molar-refractivity contribution < 1.29 is 0 Å². The number of thiophene rings is 1. The lowest BCUT2D eigenvalue weighted by atomic mass is 9.97. The van der Waals surface area contributed by atoms with Gasteiger partial charge in [-0.15, -0.1) is 11.3 Å². The van der Waals surface area contributed by atoms with Gasteiger partial charge >= 0.3 is 0 Å². The Labute approximate surface area is 343 Å². The third-order valence-corrected chi connectivity index (χ3v) is 12.6. The fourth-order valence-electron chi connectivity index (χ4n) is 8.56. The van der Waals surface area contributed by atoms with Crippen molar-refractivity contribution in [2.24, 2.45) is 0 Å². The van der Waals surface area contributed by atoms with Gasteiger partial charge in [-0.2, -0.15) is 0 Å². The third kappa shape index (κ3) is 6.12. The first kappa shape index (κ1) is 34.0. The number of fused-ring (bicyclic) bond motifs is 6. The molecule has 0 bridgehead atoms. The van der Waals surface area contributed by atoms with E-state index < -0.39 is 0 Å². The molecule has 1 aromatic heterocycles. The molecule has 1 aliphatic rings. The molecule has 1 aliphatic carbocycles. The van der Waals surface area contributed by atoms with Crippen molar-refractivity contribution in [1.29, 1.82) is 0 Å². The van der Waals surface area contributed by atoms with E-state index >= 15 is 0 Å². The summed E-state index contributed by atoms with van der Waals surface area (Å²) in [4.78, 5) is 2.38. The Bertz CT molecular complexity index is 3090. The van der Waals surface area contributed by atoms with E-state index in [1.807, 2.05) is 11.3 Å². The topological polar surface area (TPSA) is 3.24 Å². The van der Waals surface area contributed by atoms with E-state index in [1.165, 1.54) is 86.9 Å². The largest absolute Gasteiger partial charge is 0.310 e. The van der Waals surface area contributed by atoms with Gasteiger partial charge < -0.3 is 4.90 Å². The minimum absolute atomic E-state index is 1.11. The van der Waals surface area contributed by atoms with Gasteiger partial charge in [0.25, 0.3) is 0 Å². The van der Waals surface area contributed by atoms with Gasteiger partial charge in [-0.05, 0) is 121 Å². The second kappa shape index (κ2) is 14.4. The Kier molecular flexibility index (Phi) is 8.42. The van der Waals surface area contributed by atoms with Crippen LogP contribution in [0.15, 0.2) is 218 Å². The molecule has 0 amide bonds. The third-order valence-electron chi connectivity index (χ3n) is 11.5. The minimum Gasteiger partial charge on any atom is -0.310 e. The molecule has 0 saturated carbocycles. The molecule has 272 valence electrons. The summed E-state index contributed by atoms with van der Waals surface area (Å²) in [5.74, 6) is 0. The molecular weight excluding hydrogens is 719 g/mol. The summed E-state index contributed by atoms with van der Waals surface area (Å²) < 4.78 is 2.62. The highest BCUT2D eigenvalue weighted by molar-refractivity contribution is 7.25. The Balaban J connectivity index is 0.891. The lowest BCUT2D eigenvalue weighted by Crippen LogP contribution is -2.10. The fourth-order valence-corrected chi connectivity index (χ4v) is 9.64. The van der Waals surface area contributed by atoms with E-state index in [1.54, 1.807) is 0 Å². The predicted octanol–water partition coefficient (Wildman–Crippen LogP) is 16.1. The van der Waals surface area contributed by atoms with E-state index in [2.05, 4.69) is 229 Å². The Hall–Kier alpha value is -7.26. The first-order valence-electron chi connectivity index (χ1n) is 19.8. The van der Waals surface area contributed by atoms with Crippen LogP contribution in [0.25, 0.3) is 76.3 Å². The molecule has 10 aromatic rings. The second-order valence-electron chi connectivity index (χ2n) is 14.9. The van der Waals surface area contributed by atoms with Crippen molar-refractivity contribution in [3.8, 4) is 44.5 Å². The lowest BCUT2D eigenvalue weighted by molar-refractivity contribution is 1.29. The molecule has 0 spiro atoms. The molecule has 0 unspecified atom stereocenters. The van der Waals surface area contributed by atoms with Crippen LogP contribution in [0.2, 0.25) is 0 Å². The number of nitrogens with zero attached hydrogens (tertiary/aromatic N) is 1. The standard InChI is InChI=1S/C56H37NS/c1-2-11-39(12-3-1)44-13-10-14-46(36-44)57(47-33-34-56-54(37-47)52-19-8-9-20-55(52)58-56)45-31-29-43(30-32-45)42-27-25-41(26-28-42)40-23-21-38(22-24-40)35-53-50-17-6-4-15-48(50)49-16-5-7-18-51(49)53/h1-37H. The highest BCUT2D eigenvalue weighted by Crippen LogP contribution is 2.45. The SMILES string of the molecule is C(=C1c2ccccc2-c2ccccc21)c1ccc(-c2ccc(-c3ccc(N(c4cccc(-c5ccccc5)c4)c4ccc5sc6ccccc6c5c4)cc3)cc2)cc1. The summed E-state index contributed by atoms with van der Waals surface area (Å²) in [5, 5.41) is 2.59. The first-order valence-corrected chi connectivity index (χ1v) is 20.6. The lowest BCUT2D eigenvalue weighted by Gasteiger charge is -2.26. The van der Waals surface area contributed by atoms with Gasteiger partial charge in [-0.1, -0.05) is 170 Å². The first-order chi connectivity index (χ1) is 28.7. The summed E-state index contributed by atoms with van der Waals surface area (Å²) in [6.07, 6.45) is 2.32. The maximum atomic E-state index is 2.38. The van der Waals surface area contributed by atoms with Crippen molar-refractivity contribution in [3.05, 3.63) is 235 Å². The monoisotopic (exact) mass is 755 g/mol. The molecule has 0 aliphatic heterocycles. The van der Waals surface area contributed by atoms with Gasteiger partial charge in [-0.3, -0.25) is 0 Å². The van der Waals surface area contributed by atoms with Crippen LogP contribution in [0.5, 0.6) is 0 Å². The zero-order valence-corrected chi connectivity index (χ0v) is 32.5. The molecule has 11 rings (SSSR count). The van der Waals surface area contributed by atoms with Crippen LogP contribution < -0.4 is 4.90 Å². The fraction of sp³-hybridized carbons (Fsp3) is 0. The van der Waals surface area contributed by atoms with Crippen molar-refractivity contribution in [2.75, 3.05) is 4.90 Å². The molecule has 0 saturated heterocycles. The van der Waals surface area contributed by atoms with Gasteiger partial charge in [0, 0.05) is 37.2 Å².